The number of fused-ring (bicyclic) bond motifs is 1. The van der Waals surface area contributed by atoms with Gasteiger partial charge in [0, 0.05) is 18.6 Å². The fourth-order valence-electron chi connectivity index (χ4n) is 2.69. The Balaban J connectivity index is 1.84. The summed E-state index contributed by atoms with van der Waals surface area (Å²) < 4.78 is 7.35. The summed E-state index contributed by atoms with van der Waals surface area (Å²) in [6.07, 6.45) is 2.70. The number of benzene rings is 1. The van der Waals surface area contributed by atoms with E-state index in [1.165, 1.54) is 33.8 Å². The summed E-state index contributed by atoms with van der Waals surface area (Å²) in [4.78, 5) is 42.6. The highest BCUT2D eigenvalue weighted by atomic mass is 35.5. The van der Waals surface area contributed by atoms with Crippen LogP contribution in [0.3, 0.4) is 0 Å². The molecule has 0 radical (unpaired) electrons. The number of rotatable bonds is 6. The van der Waals surface area contributed by atoms with Crippen LogP contribution in [0.25, 0.3) is 11.0 Å². The van der Waals surface area contributed by atoms with Crippen molar-refractivity contribution in [1.29, 1.82) is 0 Å². The van der Waals surface area contributed by atoms with Crippen molar-refractivity contribution in [3.63, 3.8) is 0 Å². The van der Waals surface area contributed by atoms with Gasteiger partial charge in [0.05, 0.1) is 13.3 Å². The Hall–Kier alpha value is -3.20. The molecule has 0 unspecified atom stereocenters. The molecule has 3 aromatic rings. The Morgan fingerprint density at radius 3 is 2.64 bits per heavy atom. The first-order valence-corrected chi connectivity index (χ1v) is 8.73. The fourth-order valence-corrected chi connectivity index (χ4v) is 2.81. The van der Waals surface area contributed by atoms with Crippen LogP contribution < -0.4 is 5.56 Å². The number of aromatic nitrogens is 4. The zero-order valence-corrected chi connectivity index (χ0v) is 16.1. The minimum atomic E-state index is -0.560. The fraction of sp³-hybridized carbons (Fsp3) is 0.278. The number of hydrogen-bond donors (Lipinski definition) is 0. The van der Waals surface area contributed by atoms with Crippen molar-refractivity contribution >= 4 is 34.5 Å². The summed E-state index contributed by atoms with van der Waals surface area (Å²) in [5.41, 5.74) is 0.840. The van der Waals surface area contributed by atoms with Crippen LogP contribution in [0.5, 0.6) is 0 Å². The number of carbonyl (C=O) groups is 2. The highest BCUT2D eigenvalue weighted by Gasteiger charge is 2.20. The van der Waals surface area contributed by atoms with Gasteiger partial charge in [0.15, 0.2) is 5.65 Å². The maximum Gasteiger partial charge on any atom is 0.325 e. The average Bonchev–Trinajstić information content (AvgIpc) is 3.06. The number of aryl methyl sites for hydroxylation is 1. The van der Waals surface area contributed by atoms with Crippen LogP contribution >= 0.6 is 11.6 Å². The predicted molar refractivity (Wildman–Crippen MR) is 102 cm³/mol. The quantitative estimate of drug-likeness (QED) is 0.569. The molecule has 0 bridgehead atoms. The lowest BCUT2D eigenvalue weighted by atomic mass is 10.2. The Labute approximate surface area is 165 Å². The van der Waals surface area contributed by atoms with E-state index in [0.717, 1.165) is 5.56 Å². The highest BCUT2D eigenvalue weighted by Crippen LogP contribution is 2.12. The van der Waals surface area contributed by atoms with Gasteiger partial charge in [0.1, 0.15) is 24.8 Å². The molecule has 3 rings (SSSR count). The first kappa shape index (κ1) is 19.6. The molecule has 2 aromatic heterocycles. The normalized spacial score (nSPS) is 10.8. The molecule has 146 valence electrons. The second-order valence-electron chi connectivity index (χ2n) is 6.14. The molecule has 0 saturated heterocycles. The summed E-state index contributed by atoms with van der Waals surface area (Å²) in [6.45, 7) is -0.334. The van der Waals surface area contributed by atoms with Crippen molar-refractivity contribution in [2.75, 3.05) is 13.7 Å². The second-order valence-corrected chi connectivity index (χ2v) is 6.57. The number of methoxy groups -OCH3 is 1. The summed E-state index contributed by atoms with van der Waals surface area (Å²) in [6, 6.07) is 6.91. The minimum Gasteiger partial charge on any atom is -0.468 e. The zero-order valence-electron chi connectivity index (χ0n) is 15.3. The van der Waals surface area contributed by atoms with E-state index >= 15 is 0 Å². The molecule has 1 aromatic carbocycles. The van der Waals surface area contributed by atoms with Gasteiger partial charge in [-0.15, -0.1) is 0 Å². The molecule has 0 spiro atoms. The molecular formula is C18H18ClN5O4. The SMILES string of the molecule is COC(=O)CN(Cc1ccc(Cl)cc1)C(=O)Cn1cnc2c(cnn2C)c1=O. The number of esters is 1. The average molecular weight is 404 g/mol. The first-order chi connectivity index (χ1) is 13.4. The number of ether oxygens (including phenoxy) is 1. The van der Waals surface area contributed by atoms with Gasteiger partial charge >= 0.3 is 5.97 Å². The smallest absolute Gasteiger partial charge is 0.325 e. The first-order valence-electron chi connectivity index (χ1n) is 8.35. The van der Waals surface area contributed by atoms with Crippen LogP contribution in [-0.2, 0) is 34.5 Å². The molecule has 0 N–H and O–H groups in total. The maximum atomic E-state index is 12.8. The molecule has 28 heavy (non-hydrogen) atoms. The van der Waals surface area contributed by atoms with Gasteiger partial charge in [0.25, 0.3) is 5.56 Å². The lowest BCUT2D eigenvalue weighted by Crippen LogP contribution is -2.39. The topological polar surface area (TPSA) is 99.3 Å². The van der Waals surface area contributed by atoms with Crippen molar-refractivity contribution in [2.45, 2.75) is 13.1 Å². The van der Waals surface area contributed by atoms with E-state index in [1.807, 2.05) is 0 Å². The standard InChI is InChI=1S/C18H18ClN5O4/c1-22-17-14(7-21-22)18(27)24(11-20-17)9-15(25)23(10-16(26)28-2)8-12-3-5-13(19)6-4-12/h3-7,11H,8-10H2,1-2H3. The van der Waals surface area contributed by atoms with Crippen LogP contribution in [0.1, 0.15) is 5.56 Å². The number of amides is 1. The zero-order chi connectivity index (χ0) is 20.3. The Kier molecular flexibility index (Phi) is 5.74. The molecule has 0 fully saturated rings. The van der Waals surface area contributed by atoms with Gasteiger partial charge in [-0.25, -0.2) is 4.98 Å². The molecule has 9 nitrogen and oxygen atoms in total. The van der Waals surface area contributed by atoms with E-state index in [-0.39, 0.29) is 25.2 Å². The van der Waals surface area contributed by atoms with Gasteiger partial charge in [-0.1, -0.05) is 23.7 Å². The Morgan fingerprint density at radius 2 is 1.96 bits per heavy atom. The van der Waals surface area contributed by atoms with Gasteiger partial charge in [-0.05, 0) is 17.7 Å². The number of halogens is 1. The van der Waals surface area contributed by atoms with E-state index in [9.17, 15) is 14.4 Å². The molecule has 0 saturated carbocycles. The van der Waals surface area contributed by atoms with Gasteiger partial charge in [-0.2, -0.15) is 5.10 Å². The van der Waals surface area contributed by atoms with Crippen molar-refractivity contribution < 1.29 is 14.3 Å². The minimum absolute atomic E-state index is 0.169. The number of carbonyl (C=O) groups excluding carboxylic acids is 2. The van der Waals surface area contributed by atoms with Crippen molar-refractivity contribution in [3.05, 3.63) is 57.7 Å². The third-order valence-corrected chi connectivity index (χ3v) is 4.46. The molecular weight excluding hydrogens is 386 g/mol. The molecule has 1 amide bonds. The predicted octanol–water partition coefficient (Wildman–Crippen LogP) is 0.985. The summed E-state index contributed by atoms with van der Waals surface area (Å²) in [5.74, 6) is -0.983. The van der Waals surface area contributed by atoms with Crippen LogP contribution in [0, 0.1) is 0 Å². The summed E-state index contributed by atoms with van der Waals surface area (Å²) >= 11 is 5.89. The number of nitrogens with zero attached hydrogens (tertiary/aromatic N) is 5. The van der Waals surface area contributed by atoms with Crippen LogP contribution in [0.15, 0.2) is 41.6 Å². The van der Waals surface area contributed by atoms with Gasteiger partial charge < -0.3 is 9.64 Å². The maximum absolute atomic E-state index is 12.8. The largest absolute Gasteiger partial charge is 0.468 e. The summed E-state index contributed by atoms with van der Waals surface area (Å²) in [5, 5.41) is 4.88. The van der Waals surface area contributed by atoms with Crippen LogP contribution in [0.4, 0.5) is 0 Å². The van der Waals surface area contributed by atoms with E-state index in [1.54, 1.807) is 31.3 Å². The molecule has 2 heterocycles. The molecule has 0 atom stereocenters. The van der Waals surface area contributed by atoms with E-state index < -0.39 is 11.9 Å². The molecule has 0 aliphatic carbocycles. The third-order valence-electron chi connectivity index (χ3n) is 4.21. The Morgan fingerprint density at radius 1 is 1.25 bits per heavy atom. The third kappa shape index (κ3) is 4.20. The molecule has 0 aliphatic rings. The van der Waals surface area contributed by atoms with E-state index in [2.05, 4.69) is 14.8 Å². The Bertz CT molecular complexity index is 1070. The van der Waals surface area contributed by atoms with Crippen LogP contribution in [0.2, 0.25) is 5.02 Å². The lowest BCUT2D eigenvalue weighted by molar-refractivity contribution is -0.147. The lowest BCUT2D eigenvalue weighted by Gasteiger charge is -2.22. The molecule has 0 aliphatic heterocycles. The second kappa shape index (κ2) is 8.22. The molecule has 10 heteroatoms. The van der Waals surface area contributed by atoms with Crippen molar-refractivity contribution in [3.8, 4) is 0 Å². The van der Waals surface area contributed by atoms with Crippen molar-refractivity contribution in [1.82, 2.24) is 24.2 Å². The monoisotopic (exact) mass is 403 g/mol. The van der Waals surface area contributed by atoms with E-state index in [0.29, 0.717) is 16.1 Å². The van der Waals surface area contributed by atoms with E-state index in [4.69, 9.17) is 11.6 Å². The van der Waals surface area contributed by atoms with Crippen molar-refractivity contribution in [2.24, 2.45) is 7.05 Å². The van der Waals surface area contributed by atoms with Crippen LogP contribution in [-0.4, -0.2) is 49.8 Å². The van der Waals surface area contributed by atoms with Gasteiger partial charge in [0.2, 0.25) is 5.91 Å². The number of hydrogen-bond acceptors (Lipinski definition) is 6. The van der Waals surface area contributed by atoms with Gasteiger partial charge in [-0.3, -0.25) is 23.6 Å². The highest BCUT2D eigenvalue weighted by molar-refractivity contribution is 6.30. The summed E-state index contributed by atoms with van der Waals surface area (Å²) in [7, 11) is 2.92.